The molecule has 1 atom stereocenters. The number of carbonyl (C=O) groups is 1. The molecular formula is C16H25N3O4S. The van der Waals surface area contributed by atoms with Crippen LogP contribution < -0.4 is 10.1 Å². The fourth-order valence-corrected chi connectivity index (χ4v) is 3.86. The molecule has 1 heterocycles. The van der Waals surface area contributed by atoms with Crippen molar-refractivity contribution in [2.75, 3.05) is 39.1 Å². The number of hydrogen-bond donors (Lipinski definition) is 1. The minimum atomic E-state index is -3.49. The molecule has 0 saturated carbocycles. The Morgan fingerprint density at radius 2 is 2.17 bits per heavy atom. The standard InChI is InChI=1S/C16H25N3O4S/c1-4-23-15-9-5-8-14(11-15)17-16(20)13-7-6-10-19(12-13)24(21,22)18(2)3/h5,8-9,11,13H,4,6-7,10,12H2,1-3H3,(H,17,20)/t13-/m1/s1. The minimum Gasteiger partial charge on any atom is -0.494 e. The second-order valence-electron chi connectivity index (χ2n) is 5.94. The van der Waals surface area contributed by atoms with Crippen LogP contribution in [0.4, 0.5) is 5.69 Å². The number of piperidine rings is 1. The number of carbonyl (C=O) groups excluding carboxylic acids is 1. The molecule has 1 aliphatic rings. The van der Waals surface area contributed by atoms with Crippen LogP contribution in [0.25, 0.3) is 0 Å². The number of nitrogens with one attached hydrogen (secondary N) is 1. The summed E-state index contributed by atoms with van der Waals surface area (Å²) in [6.07, 6.45) is 1.35. The van der Waals surface area contributed by atoms with Crippen molar-refractivity contribution in [1.29, 1.82) is 0 Å². The van der Waals surface area contributed by atoms with Gasteiger partial charge in [0, 0.05) is 38.9 Å². The highest BCUT2D eigenvalue weighted by Gasteiger charge is 2.33. The average molecular weight is 355 g/mol. The number of hydrogen-bond acceptors (Lipinski definition) is 4. The second kappa shape index (κ2) is 7.96. The maximum absolute atomic E-state index is 12.5. The Morgan fingerprint density at radius 3 is 2.83 bits per heavy atom. The van der Waals surface area contributed by atoms with E-state index >= 15 is 0 Å². The summed E-state index contributed by atoms with van der Waals surface area (Å²) < 4.78 is 32.4. The molecule has 8 heteroatoms. The topological polar surface area (TPSA) is 79.0 Å². The largest absolute Gasteiger partial charge is 0.494 e. The molecule has 0 radical (unpaired) electrons. The Bertz CT molecular complexity index is 676. The van der Waals surface area contributed by atoms with Crippen molar-refractivity contribution in [3.05, 3.63) is 24.3 Å². The third-order valence-corrected chi connectivity index (χ3v) is 5.86. The van der Waals surface area contributed by atoms with Gasteiger partial charge in [0.15, 0.2) is 0 Å². The summed E-state index contributed by atoms with van der Waals surface area (Å²) in [6, 6.07) is 7.19. The predicted molar refractivity (Wildman–Crippen MR) is 93.1 cm³/mol. The zero-order valence-electron chi connectivity index (χ0n) is 14.4. The molecule has 134 valence electrons. The number of rotatable bonds is 6. The lowest BCUT2D eigenvalue weighted by molar-refractivity contribution is -0.120. The fraction of sp³-hybridized carbons (Fsp3) is 0.562. The van der Waals surface area contributed by atoms with Crippen LogP contribution in [0.5, 0.6) is 5.75 Å². The van der Waals surface area contributed by atoms with Crippen molar-refractivity contribution in [3.63, 3.8) is 0 Å². The van der Waals surface area contributed by atoms with E-state index < -0.39 is 10.2 Å². The first-order chi connectivity index (χ1) is 11.3. The van der Waals surface area contributed by atoms with Crippen LogP contribution in [-0.2, 0) is 15.0 Å². The van der Waals surface area contributed by atoms with Crippen molar-refractivity contribution in [2.45, 2.75) is 19.8 Å². The molecule has 1 aliphatic heterocycles. The van der Waals surface area contributed by atoms with E-state index in [0.717, 1.165) is 0 Å². The van der Waals surface area contributed by atoms with E-state index in [9.17, 15) is 13.2 Å². The minimum absolute atomic E-state index is 0.165. The molecular weight excluding hydrogens is 330 g/mol. The lowest BCUT2D eigenvalue weighted by Crippen LogP contribution is -2.47. The lowest BCUT2D eigenvalue weighted by atomic mass is 9.98. The number of amides is 1. The van der Waals surface area contributed by atoms with E-state index in [2.05, 4.69) is 5.32 Å². The summed E-state index contributed by atoms with van der Waals surface area (Å²) in [5.41, 5.74) is 0.651. The molecule has 1 N–H and O–H groups in total. The molecule has 0 aliphatic carbocycles. The van der Waals surface area contributed by atoms with Crippen LogP contribution in [0.1, 0.15) is 19.8 Å². The van der Waals surface area contributed by atoms with Crippen LogP contribution in [0.15, 0.2) is 24.3 Å². The highest BCUT2D eigenvalue weighted by molar-refractivity contribution is 7.86. The molecule has 2 rings (SSSR count). The Morgan fingerprint density at radius 1 is 1.42 bits per heavy atom. The summed E-state index contributed by atoms with van der Waals surface area (Å²) >= 11 is 0. The average Bonchev–Trinajstić information content (AvgIpc) is 2.55. The Balaban J connectivity index is 2.03. The monoisotopic (exact) mass is 355 g/mol. The quantitative estimate of drug-likeness (QED) is 0.840. The first-order valence-corrected chi connectivity index (χ1v) is 9.45. The summed E-state index contributed by atoms with van der Waals surface area (Å²) in [5, 5.41) is 2.86. The molecule has 24 heavy (non-hydrogen) atoms. The van der Waals surface area contributed by atoms with E-state index in [0.29, 0.717) is 37.4 Å². The highest BCUT2D eigenvalue weighted by Crippen LogP contribution is 2.23. The smallest absolute Gasteiger partial charge is 0.281 e. The van der Waals surface area contributed by atoms with Gasteiger partial charge in [-0.05, 0) is 31.9 Å². The van der Waals surface area contributed by atoms with Crippen molar-refractivity contribution in [3.8, 4) is 5.75 Å². The number of benzene rings is 1. The van der Waals surface area contributed by atoms with E-state index in [1.54, 1.807) is 12.1 Å². The van der Waals surface area contributed by atoms with Crippen molar-refractivity contribution in [1.82, 2.24) is 8.61 Å². The van der Waals surface area contributed by atoms with Gasteiger partial charge >= 0.3 is 0 Å². The second-order valence-corrected chi connectivity index (χ2v) is 8.08. The normalized spacial score (nSPS) is 19.2. The summed E-state index contributed by atoms with van der Waals surface area (Å²) in [7, 11) is -0.490. The van der Waals surface area contributed by atoms with Crippen LogP contribution in [-0.4, -0.2) is 56.7 Å². The number of ether oxygens (including phenoxy) is 1. The summed E-state index contributed by atoms with van der Waals surface area (Å²) in [4.78, 5) is 12.5. The highest BCUT2D eigenvalue weighted by atomic mass is 32.2. The zero-order chi connectivity index (χ0) is 17.7. The summed E-state index contributed by atoms with van der Waals surface area (Å²) in [5.74, 6) is 0.169. The van der Waals surface area contributed by atoms with Crippen molar-refractivity contribution < 1.29 is 17.9 Å². The van der Waals surface area contributed by atoms with Gasteiger partial charge in [0.25, 0.3) is 10.2 Å². The molecule has 1 fully saturated rings. The van der Waals surface area contributed by atoms with Crippen LogP contribution in [0.3, 0.4) is 0 Å². The molecule has 0 aromatic heterocycles. The maximum atomic E-state index is 12.5. The Hall–Kier alpha value is -1.64. The van der Waals surface area contributed by atoms with Gasteiger partial charge in [0.05, 0.1) is 12.5 Å². The van der Waals surface area contributed by atoms with Gasteiger partial charge in [0.2, 0.25) is 5.91 Å². The molecule has 0 spiro atoms. The predicted octanol–water partition coefficient (Wildman–Crippen LogP) is 1.54. The third-order valence-electron chi connectivity index (χ3n) is 3.96. The third kappa shape index (κ3) is 4.46. The van der Waals surface area contributed by atoms with Crippen LogP contribution >= 0.6 is 0 Å². The maximum Gasteiger partial charge on any atom is 0.281 e. The van der Waals surface area contributed by atoms with Gasteiger partial charge in [0.1, 0.15) is 5.75 Å². The van der Waals surface area contributed by atoms with Gasteiger partial charge in [-0.2, -0.15) is 17.0 Å². The van der Waals surface area contributed by atoms with Gasteiger partial charge < -0.3 is 10.1 Å². The van der Waals surface area contributed by atoms with Crippen LogP contribution in [0, 0.1) is 5.92 Å². The van der Waals surface area contributed by atoms with Gasteiger partial charge in [-0.25, -0.2) is 0 Å². The van der Waals surface area contributed by atoms with E-state index in [-0.39, 0.29) is 18.4 Å². The van der Waals surface area contributed by atoms with E-state index in [4.69, 9.17) is 4.74 Å². The molecule has 0 bridgehead atoms. The summed E-state index contributed by atoms with van der Waals surface area (Å²) in [6.45, 7) is 3.10. The van der Waals surface area contributed by atoms with E-state index in [1.165, 1.54) is 22.7 Å². The Labute approximate surface area is 143 Å². The zero-order valence-corrected chi connectivity index (χ0v) is 15.2. The Kier molecular flexibility index (Phi) is 6.20. The van der Waals surface area contributed by atoms with Gasteiger partial charge in [-0.1, -0.05) is 6.07 Å². The van der Waals surface area contributed by atoms with Crippen molar-refractivity contribution in [2.24, 2.45) is 5.92 Å². The molecule has 1 aromatic rings. The molecule has 1 amide bonds. The first kappa shape index (κ1) is 18.7. The number of nitrogens with zero attached hydrogens (tertiary/aromatic N) is 2. The van der Waals surface area contributed by atoms with Gasteiger partial charge in [-0.3, -0.25) is 4.79 Å². The fourth-order valence-electron chi connectivity index (χ4n) is 2.67. The lowest BCUT2D eigenvalue weighted by Gasteiger charge is -2.32. The van der Waals surface area contributed by atoms with E-state index in [1.807, 2.05) is 19.1 Å². The number of anilines is 1. The van der Waals surface area contributed by atoms with Crippen LogP contribution in [0.2, 0.25) is 0 Å². The molecule has 1 saturated heterocycles. The molecule has 7 nitrogen and oxygen atoms in total. The molecule has 0 unspecified atom stereocenters. The SMILES string of the molecule is CCOc1cccc(NC(=O)[C@@H]2CCCN(S(=O)(=O)N(C)C)C2)c1. The van der Waals surface area contributed by atoms with Gasteiger partial charge in [-0.15, -0.1) is 0 Å². The molecule has 1 aromatic carbocycles. The van der Waals surface area contributed by atoms with Crippen molar-refractivity contribution >= 4 is 21.8 Å². The first-order valence-electron chi connectivity index (χ1n) is 8.06.